The Kier molecular flexibility index (Phi) is 10.1. The topological polar surface area (TPSA) is 9.23 Å². The molecule has 1 aliphatic rings. The molecule has 0 N–H and O–H groups in total. The Bertz CT molecular complexity index is 229. The summed E-state index contributed by atoms with van der Waals surface area (Å²) in [6.07, 6.45) is 5.58. The Morgan fingerprint density at radius 3 is 2.29 bits per heavy atom. The van der Waals surface area contributed by atoms with Gasteiger partial charge in [-0.1, -0.05) is 0 Å². The normalized spacial score (nSPS) is 16.7. The van der Waals surface area contributed by atoms with Crippen molar-refractivity contribution in [3.05, 3.63) is 21.6 Å². The summed E-state index contributed by atoms with van der Waals surface area (Å²) < 4.78 is 7.01. The van der Waals surface area contributed by atoms with Gasteiger partial charge < -0.3 is 24.8 Å². The van der Waals surface area contributed by atoms with Gasteiger partial charge >= 0.3 is 87.9 Å². The molecular weight excluding hydrogens is 271 g/mol. The van der Waals surface area contributed by atoms with Gasteiger partial charge in [0.05, 0.1) is 0 Å². The molecule has 0 amide bonds. The smallest absolute Gasteiger partial charge is 1.00 e. The summed E-state index contributed by atoms with van der Waals surface area (Å²) >= 11 is 2.21. The molecule has 79 valence electrons. The van der Waals surface area contributed by atoms with Crippen LogP contribution < -0.4 is 24.8 Å². The molecule has 0 aromatic carbocycles. The number of methoxy groups -OCH3 is 1. The number of rotatable bonds is 3. The van der Waals surface area contributed by atoms with Crippen molar-refractivity contribution in [3.63, 3.8) is 0 Å². The molecule has 0 radical (unpaired) electrons. The number of allylic oxidation sites excluding steroid dienone is 2. The van der Waals surface area contributed by atoms with E-state index in [9.17, 15) is 0 Å². The maximum Gasteiger partial charge on any atom is -1.00 e. The molecule has 0 heterocycles. The summed E-state index contributed by atoms with van der Waals surface area (Å²) in [5.74, 6) is 0. The van der Waals surface area contributed by atoms with Crippen molar-refractivity contribution >= 4 is 8.80 Å². The maximum atomic E-state index is 5.52. The maximum absolute atomic E-state index is 5.52. The van der Waals surface area contributed by atoms with Crippen LogP contribution in [-0.2, 0) is 25.2 Å². The molecule has 1 atom stereocenters. The summed E-state index contributed by atoms with van der Waals surface area (Å²) in [4.78, 5) is 0. The number of hydrogen-bond donors (Lipinski definition) is 0. The Morgan fingerprint density at radius 2 is 2.00 bits per heavy atom. The molecule has 0 bridgehead atoms. The second-order valence-electron chi connectivity index (χ2n) is 3.44. The third kappa shape index (κ3) is 4.21. The van der Waals surface area contributed by atoms with Crippen molar-refractivity contribution in [1.29, 1.82) is 0 Å². The van der Waals surface area contributed by atoms with E-state index in [-0.39, 0.29) is 24.8 Å². The van der Waals surface area contributed by atoms with Gasteiger partial charge in [0.15, 0.2) is 0 Å². The Balaban J connectivity index is 0. The van der Waals surface area contributed by atoms with Gasteiger partial charge in [-0.15, -0.1) is 0 Å². The van der Waals surface area contributed by atoms with Gasteiger partial charge in [-0.25, -0.2) is 0 Å². The zero-order valence-corrected chi connectivity index (χ0v) is 12.9. The molecule has 1 rings (SSSR count). The number of hydrogen-bond acceptors (Lipinski definition) is 1. The largest absolute Gasteiger partial charge is 1.00 e. The average Bonchev–Trinajstić information content (AvgIpc) is 2.38. The van der Waals surface area contributed by atoms with Gasteiger partial charge in [-0.2, -0.15) is 0 Å². The monoisotopic (exact) mass is 285 g/mol. The van der Waals surface area contributed by atoms with E-state index in [1.807, 2.05) is 7.11 Å². The van der Waals surface area contributed by atoms with Crippen molar-refractivity contribution in [2.45, 2.75) is 25.2 Å². The van der Waals surface area contributed by atoms with Crippen molar-refractivity contribution < 1.29 is 50.0 Å². The number of halogens is 2. The van der Waals surface area contributed by atoms with Crippen LogP contribution in [0.3, 0.4) is 0 Å². The first kappa shape index (κ1) is 17.3. The summed E-state index contributed by atoms with van der Waals surface area (Å²) in [5.41, 5.74) is 1.86. The van der Waals surface area contributed by atoms with Crippen molar-refractivity contribution in [2.75, 3.05) is 7.11 Å². The van der Waals surface area contributed by atoms with Crippen molar-refractivity contribution in [3.8, 4) is 0 Å². The first-order valence-electron chi connectivity index (χ1n) is 4.30. The molecule has 0 spiro atoms. The summed E-state index contributed by atoms with van der Waals surface area (Å²) in [6, 6.07) is 0. The molecule has 0 saturated heterocycles. The van der Waals surface area contributed by atoms with E-state index >= 15 is 0 Å². The molecule has 1 aliphatic carbocycles. The quantitative estimate of drug-likeness (QED) is 0.478. The van der Waals surface area contributed by atoms with E-state index in [4.69, 9.17) is 4.74 Å². The van der Waals surface area contributed by atoms with Crippen molar-refractivity contribution in [1.82, 2.24) is 0 Å². The molecule has 14 heavy (non-hydrogen) atoms. The third-order valence-electron chi connectivity index (χ3n) is 2.13. The molecule has 1 nitrogen and oxygen atoms in total. The second kappa shape index (κ2) is 8.14. The van der Waals surface area contributed by atoms with Crippen LogP contribution in [0, 0.1) is 0 Å². The summed E-state index contributed by atoms with van der Waals surface area (Å²) in [6.45, 7) is 4.67. The first-order chi connectivity index (χ1) is 5.66. The minimum absolute atomic E-state index is 0. The van der Waals surface area contributed by atoms with E-state index in [2.05, 4.69) is 45.7 Å². The average molecular weight is 286 g/mol. The summed E-state index contributed by atoms with van der Waals surface area (Å²) in [5, 5.41) is 0. The standard InChI is InChI=1S/C9H15OSi.2ClH.Ti/c1-10-9(11(2)3)8-6-4-5-7-8;;;/h4,6,9,11H,5H2,1-3H3;2*1H;/q;;;+2/p-2. The SMILES string of the molecule is COC(C1=[C]([Ti+2])CC=C1)[SiH](C)C.[Cl-].[Cl-]. The van der Waals surface area contributed by atoms with E-state index in [0.717, 1.165) is 6.42 Å². The number of ether oxygens (including phenoxy) is 1. The molecule has 0 saturated carbocycles. The Labute approximate surface area is 112 Å². The van der Waals surface area contributed by atoms with Crippen LogP contribution in [0.5, 0.6) is 0 Å². The zero-order valence-electron chi connectivity index (χ0n) is 8.68. The fourth-order valence-corrected chi connectivity index (χ4v) is 3.92. The van der Waals surface area contributed by atoms with Crippen LogP contribution in [0.2, 0.25) is 13.1 Å². The van der Waals surface area contributed by atoms with Crippen molar-refractivity contribution in [2.24, 2.45) is 0 Å². The molecule has 0 aliphatic heterocycles. The van der Waals surface area contributed by atoms with Gasteiger partial charge in [-0.05, 0) is 0 Å². The van der Waals surface area contributed by atoms with Crippen LogP contribution in [-0.4, -0.2) is 21.6 Å². The van der Waals surface area contributed by atoms with Crippen LogP contribution >= 0.6 is 0 Å². The molecule has 1 unspecified atom stereocenters. The minimum Gasteiger partial charge on any atom is -1.00 e. The predicted octanol–water partition coefficient (Wildman–Crippen LogP) is -4.20. The van der Waals surface area contributed by atoms with Gasteiger partial charge in [0.25, 0.3) is 0 Å². The van der Waals surface area contributed by atoms with Crippen LogP contribution in [0.15, 0.2) is 21.6 Å². The predicted molar refractivity (Wildman–Crippen MR) is 50.5 cm³/mol. The van der Waals surface area contributed by atoms with Gasteiger partial charge in [-0.3, -0.25) is 0 Å². The molecule has 0 aromatic rings. The van der Waals surface area contributed by atoms with Gasteiger partial charge in [0.2, 0.25) is 0 Å². The zero-order chi connectivity index (χ0) is 9.14. The molecule has 5 heteroatoms. The minimum atomic E-state index is -0.708. The molecular formula is C9H15Cl2OSiTi. The Morgan fingerprint density at radius 1 is 1.43 bits per heavy atom. The van der Waals surface area contributed by atoms with Gasteiger partial charge in [0, 0.05) is 0 Å². The van der Waals surface area contributed by atoms with Crippen LogP contribution in [0.4, 0.5) is 0 Å². The first-order valence-corrected chi connectivity index (χ1v) is 8.06. The van der Waals surface area contributed by atoms with E-state index < -0.39 is 8.80 Å². The van der Waals surface area contributed by atoms with E-state index in [1.54, 1.807) is 0 Å². The third-order valence-corrected chi connectivity index (χ3v) is 4.75. The fraction of sp³-hybridized carbons (Fsp3) is 0.556. The van der Waals surface area contributed by atoms with Gasteiger partial charge in [0.1, 0.15) is 0 Å². The van der Waals surface area contributed by atoms with Crippen LogP contribution in [0.1, 0.15) is 6.42 Å². The van der Waals surface area contributed by atoms with E-state index in [0.29, 0.717) is 5.73 Å². The molecule has 0 fully saturated rings. The summed E-state index contributed by atoms with van der Waals surface area (Å²) in [7, 11) is 1.12. The second-order valence-corrected chi connectivity index (χ2v) is 7.48. The fourth-order valence-electron chi connectivity index (χ4n) is 1.55. The van der Waals surface area contributed by atoms with E-state index in [1.165, 1.54) is 9.45 Å². The van der Waals surface area contributed by atoms with Crippen LogP contribution in [0.25, 0.3) is 0 Å². The Hall–Kier alpha value is 0.951. The molecule has 0 aromatic heterocycles.